The summed E-state index contributed by atoms with van der Waals surface area (Å²) in [6.45, 7) is 10.5. The minimum atomic E-state index is 0.765. The fraction of sp³-hybridized carbons (Fsp3) is 0.750. The van der Waals surface area contributed by atoms with E-state index in [9.17, 15) is 0 Å². The monoisotopic (exact) mass is 211 g/mol. The zero-order chi connectivity index (χ0) is 11.4. The van der Waals surface area contributed by atoms with E-state index in [1.165, 1.54) is 25.7 Å². The molecule has 0 rings (SSSR count). The number of aliphatic imine (C=N–C) groups is 1. The van der Waals surface area contributed by atoms with E-state index in [0.717, 1.165) is 25.6 Å². The summed E-state index contributed by atoms with van der Waals surface area (Å²) >= 11 is 0. The summed E-state index contributed by atoms with van der Waals surface area (Å²) in [5.41, 5.74) is 0. The topological polar surface area (TPSA) is 36.4 Å². The number of guanidine groups is 1. The van der Waals surface area contributed by atoms with Crippen LogP contribution in [0.25, 0.3) is 0 Å². The number of hydrogen-bond acceptors (Lipinski definition) is 1. The molecule has 0 aliphatic heterocycles. The molecule has 0 spiro atoms. The molecule has 0 radical (unpaired) electrons. The average molecular weight is 211 g/mol. The molecule has 0 heterocycles. The fourth-order valence-electron chi connectivity index (χ4n) is 1.24. The van der Waals surface area contributed by atoms with Crippen molar-refractivity contribution in [2.75, 3.05) is 19.6 Å². The van der Waals surface area contributed by atoms with Gasteiger partial charge in [0.1, 0.15) is 0 Å². The first kappa shape index (κ1) is 14.0. The molecule has 0 aliphatic carbocycles. The Morgan fingerprint density at radius 1 is 1.20 bits per heavy atom. The maximum absolute atomic E-state index is 4.47. The Balaban J connectivity index is 3.67. The molecule has 3 nitrogen and oxygen atoms in total. The molecule has 0 saturated carbocycles. The molecule has 0 amide bonds. The van der Waals surface area contributed by atoms with Crippen LogP contribution in [0.3, 0.4) is 0 Å². The van der Waals surface area contributed by atoms with Gasteiger partial charge in [0.05, 0.1) is 0 Å². The Morgan fingerprint density at radius 2 is 2.00 bits per heavy atom. The first-order valence-corrected chi connectivity index (χ1v) is 5.98. The number of nitrogens with zero attached hydrogens (tertiary/aromatic N) is 1. The van der Waals surface area contributed by atoms with Gasteiger partial charge >= 0.3 is 0 Å². The molecule has 2 N–H and O–H groups in total. The van der Waals surface area contributed by atoms with Crippen molar-refractivity contribution in [3.8, 4) is 0 Å². The van der Waals surface area contributed by atoms with E-state index in [1.54, 1.807) is 0 Å². The van der Waals surface area contributed by atoms with Crippen molar-refractivity contribution in [1.29, 1.82) is 0 Å². The molecule has 0 aromatic rings. The molecule has 15 heavy (non-hydrogen) atoms. The largest absolute Gasteiger partial charge is 0.357 e. The van der Waals surface area contributed by atoms with Crippen molar-refractivity contribution in [1.82, 2.24) is 10.6 Å². The van der Waals surface area contributed by atoms with Gasteiger partial charge in [-0.1, -0.05) is 32.3 Å². The van der Waals surface area contributed by atoms with Crippen LogP contribution >= 0.6 is 0 Å². The maximum Gasteiger partial charge on any atom is 0.191 e. The molecule has 0 unspecified atom stereocenters. The van der Waals surface area contributed by atoms with Crippen molar-refractivity contribution in [3.05, 3.63) is 12.7 Å². The van der Waals surface area contributed by atoms with Crippen LogP contribution in [0.5, 0.6) is 0 Å². The van der Waals surface area contributed by atoms with Crippen LogP contribution in [-0.2, 0) is 0 Å². The number of nitrogens with one attached hydrogen (secondary N) is 2. The third-order valence-corrected chi connectivity index (χ3v) is 2.04. The van der Waals surface area contributed by atoms with Crippen molar-refractivity contribution in [2.45, 2.75) is 39.5 Å². The highest BCUT2D eigenvalue weighted by Gasteiger charge is 1.93. The Morgan fingerprint density at radius 3 is 2.60 bits per heavy atom. The maximum atomic E-state index is 4.47. The van der Waals surface area contributed by atoms with Gasteiger partial charge in [-0.05, 0) is 13.3 Å². The molecule has 0 bridgehead atoms. The summed E-state index contributed by atoms with van der Waals surface area (Å²) in [6, 6.07) is 0. The molecule has 0 aromatic heterocycles. The third kappa shape index (κ3) is 9.32. The Kier molecular flexibility index (Phi) is 10.4. The van der Waals surface area contributed by atoms with Crippen LogP contribution in [0.4, 0.5) is 0 Å². The van der Waals surface area contributed by atoms with E-state index in [-0.39, 0.29) is 0 Å². The normalized spacial score (nSPS) is 11.2. The van der Waals surface area contributed by atoms with E-state index in [4.69, 9.17) is 0 Å². The van der Waals surface area contributed by atoms with Crippen LogP contribution in [0.1, 0.15) is 39.5 Å². The van der Waals surface area contributed by atoms with Crippen LogP contribution in [-0.4, -0.2) is 25.6 Å². The summed E-state index contributed by atoms with van der Waals surface area (Å²) < 4.78 is 0. The second-order valence-electron chi connectivity index (χ2n) is 3.49. The third-order valence-electron chi connectivity index (χ3n) is 2.04. The van der Waals surface area contributed by atoms with Gasteiger partial charge in [0, 0.05) is 19.6 Å². The summed E-state index contributed by atoms with van der Waals surface area (Å²) in [5, 5.41) is 6.38. The molecule has 0 saturated heterocycles. The molecule has 0 atom stereocenters. The van der Waals surface area contributed by atoms with E-state index in [0.29, 0.717) is 0 Å². The first-order valence-electron chi connectivity index (χ1n) is 5.98. The summed E-state index contributed by atoms with van der Waals surface area (Å²) in [6.07, 6.45) is 6.88. The fourth-order valence-corrected chi connectivity index (χ4v) is 1.24. The average Bonchev–Trinajstić information content (AvgIpc) is 2.25. The lowest BCUT2D eigenvalue weighted by molar-refractivity contribution is 0.671. The first-order chi connectivity index (χ1) is 7.35. The smallest absolute Gasteiger partial charge is 0.191 e. The van der Waals surface area contributed by atoms with E-state index < -0.39 is 0 Å². The van der Waals surface area contributed by atoms with Crippen LogP contribution in [0.2, 0.25) is 0 Å². The second-order valence-corrected chi connectivity index (χ2v) is 3.49. The predicted octanol–water partition coefficient (Wildman–Crippen LogP) is 2.31. The number of rotatable bonds is 8. The summed E-state index contributed by atoms with van der Waals surface area (Å²) in [5.74, 6) is 0.897. The van der Waals surface area contributed by atoms with Gasteiger partial charge in [-0.3, -0.25) is 4.99 Å². The van der Waals surface area contributed by atoms with Gasteiger partial charge in [-0.25, -0.2) is 0 Å². The van der Waals surface area contributed by atoms with Gasteiger partial charge in [-0.15, -0.1) is 6.58 Å². The standard InChI is InChI=1S/C12H25N3/c1-4-7-8-9-11-15-12(13-6-3)14-10-5-2/h5H,2,4,6-11H2,1,3H3,(H2,13,14,15). The lowest BCUT2D eigenvalue weighted by atomic mass is 10.2. The zero-order valence-corrected chi connectivity index (χ0v) is 10.2. The predicted molar refractivity (Wildman–Crippen MR) is 68.3 cm³/mol. The lowest BCUT2D eigenvalue weighted by Gasteiger charge is -2.08. The highest BCUT2D eigenvalue weighted by Crippen LogP contribution is 1.98. The van der Waals surface area contributed by atoms with Crippen LogP contribution < -0.4 is 10.6 Å². The summed E-state index contributed by atoms with van der Waals surface area (Å²) in [4.78, 5) is 4.47. The van der Waals surface area contributed by atoms with Gasteiger partial charge in [-0.2, -0.15) is 0 Å². The number of hydrogen-bond donors (Lipinski definition) is 2. The van der Waals surface area contributed by atoms with E-state index in [1.807, 2.05) is 6.08 Å². The van der Waals surface area contributed by atoms with Gasteiger partial charge in [0.15, 0.2) is 5.96 Å². The highest BCUT2D eigenvalue weighted by molar-refractivity contribution is 5.79. The van der Waals surface area contributed by atoms with Crippen molar-refractivity contribution < 1.29 is 0 Å². The minimum Gasteiger partial charge on any atom is -0.357 e. The molecular formula is C12H25N3. The minimum absolute atomic E-state index is 0.765. The lowest BCUT2D eigenvalue weighted by Crippen LogP contribution is -2.37. The van der Waals surface area contributed by atoms with Crippen molar-refractivity contribution in [2.24, 2.45) is 4.99 Å². The van der Waals surface area contributed by atoms with Gasteiger partial charge < -0.3 is 10.6 Å². The van der Waals surface area contributed by atoms with Crippen molar-refractivity contribution in [3.63, 3.8) is 0 Å². The Bertz CT molecular complexity index is 176. The SMILES string of the molecule is C=CCNC(=NCCCCCC)NCC. The van der Waals surface area contributed by atoms with Crippen LogP contribution in [0, 0.1) is 0 Å². The van der Waals surface area contributed by atoms with E-state index >= 15 is 0 Å². The quantitative estimate of drug-likeness (QED) is 0.280. The molecule has 0 fully saturated rings. The van der Waals surface area contributed by atoms with Gasteiger partial charge in [0.2, 0.25) is 0 Å². The molecule has 3 heteroatoms. The van der Waals surface area contributed by atoms with E-state index in [2.05, 4.69) is 36.1 Å². The number of unbranched alkanes of at least 4 members (excludes halogenated alkanes) is 3. The second kappa shape index (κ2) is 11.1. The summed E-state index contributed by atoms with van der Waals surface area (Å²) in [7, 11) is 0. The Hall–Kier alpha value is -0.990. The molecule has 0 aromatic carbocycles. The zero-order valence-electron chi connectivity index (χ0n) is 10.2. The highest BCUT2D eigenvalue weighted by atomic mass is 15.2. The molecule has 88 valence electrons. The van der Waals surface area contributed by atoms with Crippen LogP contribution in [0.15, 0.2) is 17.6 Å². The molecular weight excluding hydrogens is 186 g/mol. The van der Waals surface area contributed by atoms with Gasteiger partial charge in [0.25, 0.3) is 0 Å². The van der Waals surface area contributed by atoms with Crippen molar-refractivity contribution >= 4 is 5.96 Å². The Labute approximate surface area is 94.1 Å². The molecule has 0 aliphatic rings.